The van der Waals surface area contributed by atoms with Crippen molar-refractivity contribution in [1.29, 1.82) is 0 Å². The zero-order chi connectivity index (χ0) is 14.5. The number of methoxy groups -OCH3 is 1. The second kappa shape index (κ2) is 6.34. The first-order valence-electron chi connectivity index (χ1n) is 6.40. The predicted octanol–water partition coefficient (Wildman–Crippen LogP) is 1.59. The van der Waals surface area contributed by atoms with Crippen molar-refractivity contribution in [3.63, 3.8) is 0 Å². The van der Waals surface area contributed by atoms with E-state index in [0.717, 1.165) is 5.56 Å². The van der Waals surface area contributed by atoms with Crippen LogP contribution in [0, 0.1) is 5.92 Å². The van der Waals surface area contributed by atoms with Gasteiger partial charge in [0, 0.05) is 18.7 Å². The minimum absolute atomic E-state index is 0.210. The zero-order valence-corrected chi connectivity index (χ0v) is 11.2. The molecule has 2 rings (SSSR count). The van der Waals surface area contributed by atoms with E-state index in [9.17, 15) is 9.59 Å². The van der Waals surface area contributed by atoms with Crippen molar-refractivity contribution in [2.45, 2.75) is 19.1 Å². The molecule has 2 atom stereocenters. The number of ether oxygens (including phenoxy) is 1. The summed E-state index contributed by atoms with van der Waals surface area (Å²) < 4.78 is 5.07. The molecule has 2 N–H and O–H groups in total. The molecule has 0 saturated carbocycles. The molecule has 1 aromatic rings. The molecule has 0 aromatic heterocycles. The van der Waals surface area contributed by atoms with Gasteiger partial charge in [0.2, 0.25) is 0 Å². The number of benzene rings is 1. The van der Waals surface area contributed by atoms with Gasteiger partial charge in [-0.05, 0) is 18.1 Å². The second-order valence-corrected chi connectivity index (χ2v) is 4.74. The third-order valence-corrected chi connectivity index (χ3v) is 3.28. The van der Waals surface area contributed by atoms with Gasteiger partial charge in [0.05, 0.1) is 12.5 Å². The SMILES string of the molecule is COCc1ccccc1C(=O)NC1C=CC(C(=O)O)C1. The molecule has 1 aliphatic carbocycles. The Bertz CT molecular complexity index is 538. The van der Waals surface area contributed by atoms with Gasteiger partial charge in [0.25, 0.3) is 5.91 Å². The topological polar surface area (TPSA) is 75.6 Å². The van der Waals surface area contributed by atoms with Crippen LogP contribution in [-0.2, 0) is 16.1 Å². The minimum Gasteiger partial charge on any atom is -0.481 e. The van der Waals surface area contributed by atoms with Crippen LogP contribution in [0.5, 0.6) is 0 Å². The van der Waals surface area contributed by atoms with Crippen LogP contribution in [-0.4, -0.2) is 30.1 Å². The first kappa shape index (κ1) is 14.3. The fraction of sp³-hybridized carbons (Fsp3) is 0.333. The summed E-state index contributed by atoms with van der Waals surface area (Å²) in [5, 5.41) is 11.7. The number of rotatable bonds is 5. The summed E-state index contributed by atoms with van der Waals surface area (Å²) in [6.45, 7) is 0.363. The lowest BCUT2D eigenvalue weighted by Crippen LogP contribution is -2.33. The van der Waals surface area contributed by atoms with E-state index in [-0.39, 0.29) is 11.9 Å². The largest absolute Gasteiger partial charge is 0.481 e. The van der Waals surface area contributed by atoms with Gasteiger partial charge >= 0.3 is 5.97 Å². The molecule has 1 amide bonds. The molecular weight excluding hydrogens is 258 g/mol. The van der Waals surface area contributed by atoms with E-state index < -0.39 is 11.9 Å². The van der Waals surface area contributed by atoms with Gasteiger partial charge in [-0.25, -0.2) is 0 Å². The van der Waals surface area contributed by atoms with Crippen molar-refractivity contribution in [1.82, 2.24) is 5.32 Å². The summed E-state index contributed by atoms with van der Waals surface area (Å²) in [6, 6.07) is 6.97. The van der Waals surface area contributed by atoms with Gasteiger partial charge in [-0.15, -0.1) is 0 Å². The Hall–Kier alpha value is -2.14. The standard InChI is InChI=1S/C15H17NO4/c1-20-9-11-4-2-3-5-13(11)14(17)16-12-7-6-10(8-12)15(18)19/h2-7,10,12H,8-9H2,1H3,(H,16,17)(H,18,19). The van der Waals surface area contributed by atoms with E-state index in [4.69, 9.17) is 9.84 Å². The maximum absolute atomic E-state index is 12.2. The van der Waals surface area contributed by atoms with Crippen LogP contribution in [0.4, 0.5) is 0 Å². The Morgan fingerprint density at radius 2 is 2.10 bits per heavy atom. The maximum Gasteiger partial charge on any atom is 0.310 e. The molecule has 0 fully saturated rings. The first-order chi connectivity index (χ1) is 9.61. The Kier molecular flexibility index (Phi) is 4.53. The fourth-order valence-corrected chi connectivity index (χ4v) is 2.26. The Morgan fingerprint density at radius 1 is 1.35 bits per heavy atom. The van der Waals surface area contributed by atoms with Gasteiger partial charge in [-0.1, -0.05) is 30.4 Å². The number of carboxylic acids is 1. The third kappa shape index (κ3) is 3.24. The Balaban J connectivity index is 2.03. The van der Waals surface area contributed by atoms with Crippen molar-refractivity contribution < 1.29 is 19.4 Å². The van der Waals surface area contributed by atoms with Crippen LogP contribution in [0.1, 0.15) is 22.3 Å². The number of carbonyl (C=O) groups is 2. The van der Waals surface area contributed by atoms with Gasteiger partial charge in [0.15, 0.2) is 0 Å². The van der Waals surface area contributed by atoms with Gasteiger partial charge < -0.3 is 15.2 Å². The summed E-state index contributed by atoms with van der Waals surface area (Å²) in [6.07, 6.45) is 3.75. The molecular formula is C15H17NO4. The number of amides is 1. The van der Waals surface area contributed by atoms with Crippen molar-refractivity contribution >= 4 is 11.9 Å². The lowest BCUT2D eigenvalue weighted by molar-refractivity contribution is -0.140. The predicted molar refractivity (Wildman–Crippen MR) is 73.3 cm³/mol. The van der Waals surface area contributed by atoms with E-state index in [2.05, 4.69) is 5.32 Å². The molecule has 0 radical (unpaired) electrons. The van der Waals surface area contributed by atoms with E-state index in [0.29, 0.717) is 18.6 Å². The number of carboxylic acid groups (broad SMARTS) is 1. The Labute approximate surface area is 117 Å². The van der Waals surface area contributed by atoms with Crippen molar-refractivity contribution in [3.8, 4) is 0 Å². The molecule has 106 valence electrons. The summed E-state index contributed by atoms with van der Waals surface area (Å²) in [4.78, 5) is 23.1. The first-order valence-corrected chi connectivity index (χ1v) is 6.40. The van der Waals surface area contributed by atoms with Crippen LogP contribution in [0.3, 0.4) is 0 Å². The maximum atomic E-state index is 12.2. The zero-order valence-electron chi connectivity index (χ0n) is 11.2. The van der Waals surface area contributed by atoms with Crippen LogP contribution in [0.15, 0.2) is 36.4 Å². The highest BCUT2D eigenvalue weighted by molar-refractivity contribution is 5.96. The fourth-order valence-electron chi connectivity index (χ4n) is 2.26. The quantitative estimate of drug-likeness (QED) is 0.800. The average molecular weight is 275 g/mol. The van der Waals surface area contributed by atoms with E-state index >= 15 is 0 Å². The normalized spacial score (nSPS) is 20.9. The molecule has 2 unspecified atom stereocenters. The summed E-state index contributed by atoms with van der Waals surface area (Å²) >= 11 is 0. The number of aliphatic carboxylic acids is 1. The van der Waals surface area contributed by atoms with E-state index in [1.54, 1.807) is 31.4 Å². The number of hydrogen-bond acceptors (Lipinski definition) is 3. The molecule has 1 aromatic carbocycles. The molecule has 0 aliphatic heterocycles. The molecule has 20 heavy (non-hydrogen) atoms. The summed E-state index contributed by atoms with van der Waals surface area (Å²) in [5.74, 6) is -1.59. The third-order valence-electron chi connectivity index (χ3n) is 3.28. The number of hydrogen-bond donors (Lipinski definition) is 2. The molecule has 0 spiro atoms. The molecule has 1 aliphatic rings. The number of carbonyl (C=O) groups excluding carboxylic acids is 1. The van der Waals surface area contributed by atoms with Crippen LogP contribution >= 0.6 is 0 Å². The highest BCUT2D eigenvalue weighted by Gasteiger charge is 2.26. The summed E-state index contributed by atoms with van der Waals surface area (Å²) in [7, 11) is 1.58. The molecule has 0 saturated heterocycles. The molecule has 5 heteroatoms. The summed E-state index contributed by atoms with van der Waals surface area (Å²) in [5.41, 5.74) is 1.37. The smallest absolute Gasteiger partial charge is 0.310 e. The Morgan fingerprint density at radius 3 is 2.75 bits per heavy atom. The van der Waals surface area contributed by atoms with Gasteiger partial charge in [-0.3, -0.25) is 9.59 Å². The highest BCUT2D eigenvalue weighted by Crippen LogP contribution is 2.19. The lowest BCUT2D eigenvalue weighted by Gasteiger charge is -2.14. The van der Waals surface area contributed by atoms with Crippen molar-refractivity contribution in [2.75, 3.05) is 7.11 Å². The van der Waals surface area contributed by atoms with Crippen LogP contribution < -0.4 is 5.32 Å². The molecule has 5 nitrogen and oxygen atoms in total. The van der Waals surface area contributed by atoms with Crippen LogP contribution in [0.25, 0.3) is 0 Å². The molecule has 0 heterocycles. The van der Waals surface area contributed by atoms with Crippen LogP contribution in [0.2, 0.25) is 0 Å². The van der Waals surface area contributed by atoms with E-state index in [1.807, 2.05) is 12.1 Å². The minimum atomic E-state index is -0.863. The number of nitrogens with one attached hydrogen (secondary N) is 1. The monoisotopic (exact) mass is 275 g/mol. The average Bonchev–Trinajstić information content (AvgIpc) is 2.88. The van der Waals surface area contributed by atoms with E-state index in [1.165, 1.54) is 0 Å². The van der Waals surface area contributed by atoms with Crippen molar-refractivity contribution in [2.24, 2.45) is 5.92 Å². The second-order valence-electron chi connectivity index (χ2n) is 4.74. The van der Waals surface area contributed by atoms with Gasteiger partial charge in [-0.2, -0.15) is 0 Å². The van der Waals surface area contributed by atoms with Crippen molar-refractivity contribution in [3.05, 3.63) is 47.5 Å². The highest BCUT2D eigenvalue weighted by atomic mass is 16.5. The molecule has 0 bridgehead atoms. The lowest BCUT2D eigenvalue weighted by atomic mass is 10.1. The van der Waals surface area contributed by atoms with Gasteiger partial charge in [0.1, 0.15) is 0 Å².